The van der Waals surface area contributed by atoms with Crippen LogP contribution in [0.1, 0.15) is 46.0 Å². The van der Waals surface area contributed by atoms with Gasteiger partial charge in [0.05, 0.1) is 0 Å². The van der Waals surface area contributed by atoms with E-state index < -0.39 is 0 Å². The lowest BCUT2D eigenvalue weighted by atomic mass is 9.97. The third-order valence-electron chi connectivity index (χ3n) is 5.53. The average molecular weight is 251 g/mol. The summed E-state index contributed by atoms with van der Waals surface area (Å²) in [6.45, 7) is 7.23. The van der Waals surface area contributed by atoms with Crippen molar-refractivity contribution in [1.82, 2.24) is 15.1 Å². The smallest absolute Gasteiger partial charge is 0.0235 e. The molecule has 104 valence electrons. The van der Waals surface area contributed by atoms with E-state index in [9.17, 15) is 0 Å². The van der Waals surface area contributed by atoms with Crippen molar-refractivity contribution in [1.29, 1.82) is 0 Å². The topological polar surface area (TPSA) is 18.5 Å². The molecule has 3 aliphatic rings. The summed E-state index contributed by atoms with van der Waals surface area (Å²) >= 11 is 0. The highest BCUT2D eigenvalue weighted by Crippen LogP contribution is 2.31. The fraction of sp³-hybridized carbons (Fsp3) is 1.00. The van der Waals surface area contributed by atoms with Crippen LogP contribution >= 0.6 is 0 Å². The van der Waals surface area contributed by atoms with E-state index in [1.54, 1.807) is 0 Å². The molecule has 0 aliphatic carbocycles. The van der Waals surface area contributed by atoms with Gasteiger partial charge in [0.1, 0.15) is 0 Å². The average Bonchev–Trinajstić information content (AvgIpc) is 2.95. The zero-order valence-corrected chi connectivity index (χ0v) is 12.2. The summed E-state index contributed by atoms with van der Waals surface area (Å²) in [5.41, 5.74) is 0. The lowest BCUT2D eigenvalue weighted by Gasteiger charge is -2.39. The lowest BCUT2D eigenvalue weighted by molar-refractivity contribution is 0.122. The molecule has 0 amide bonds. The van der Waals surface area contributed by atoms with Crippen LogP contribution in [0.5, 0.6) is 0 Å². The van der Waals surface area contributed by atoms with Gasteiger partial charge >= 0.3 is 0 Å². The van der Waals surface area contributed by atoms with Gasteiger partial charge in [-0.1, -0.05) is 0 Å². The van der Waals surface area contributed by atoms with Crippen molar-refractivity contribution in [3.8, 4) is 0 Å². The first kappa shape index (κ1) is 12.9. The Bertz CT molecular complexity index is 279. The number of fused-ring (bicyclic) bond motifs is 2. The van der Waals surface area contributed by atoms with Crippen LogP contribution in [0, 0.1) is 0 Å². The molecule has 0 spiro atoms. The second-order valence-corrected chi connectivity index (χ2v) is 6.96. The van der Waals surface area contributed by atoms with Gasteiger partial charge in [0.25, 0.3) is 0 Å². The molecule has 3 fully saturated rings. The molecule has 3 aliphatic heterocycles. The predicted octanol–water partition coefficient (Wildman–Crippen LogP) is 1.68. The number of hydrogen-bond acceptors (Lipinski definition) is 3. The fourth-order valence-corrected chi connectivity index (χ4v) is 4.23. The number of nitrogens with zero attached hydrogens (tertiary/aromatic N) is 2. The van der Waals surface area contributed by atoms with Gasteiger partial charge in [-0.3, -0.25) is 9.80 Å². The molecule has 3 saturated heterocycles. The van der Waals surface area contributed by atoms with E-state index in [-0.39, 0.29) is 0 Å². The number of hydrogen-bond donors (Lipinski definition) is 1. The van der Waals surface area contributed by atoms with Crippen molar-refractivity contribution in [3.05, 3.63) is 0 Å². The second kappa shape index (κ2) is 5.10. The van der Waals surface area contributed by atoms with Crippen molar-refractivity contribution in [2.75, 3.05) is 20.1 Å². The van der Waals surface area contributed by atoms with Crippen molar-refractivity contribution in [2.24, 2.45) is 0 Å². The van der Waals surface area contributed by atoms with Gasteiger partial charge in [-0.25, -0.2) is 0 Å². The highest BCUT2D eigenvalue weighted by Gasteiger charge is 2.38. The summed E-state index contributed by atoms with van der Waals surface area (Å²) in [4.78, 5) is 5.35. The summed E-state index contributed by atoms with van der Waals surface area (Å²) in [5, 5.41) is 3.76. The molecule has 0 aromatic heterocycles. The first-order valence-corrected chi connectivity index (χ1v) is 7.85. The molecule has 2 bridgehead atoms. The van der Waals surface area contributed by atoms with Gasteiger partial charge in [-0.2, -0.15) is 0 Å². The lowest BCUT2D eigenvalue weighted by Crippen LogP contribution is -2.50. The highest BCUT2D eigenvalue weighted by atomic mass is 15.3. The van der Waals surface area contributed by atoms with Gasteiger partial charge < -0.3 is 5.32 Å². The molecule has 3 atom stereocenters. The molecule has 0 radical (unpaired) electrons. The van der Waals surface area contributed by atoms with Crippen LogP contribution in [-0.4, -0.2) is 60.1 Å². The predicted molar refractivity (Wildman–Crippen MR) is 75.8 cm³/mol. The third-order valence-corrected chi connectivity index (χ3v) is 5.53. The minimum Gasteiger partial charge on any atom is -0.311 e. The van der Waals surface area contributed by atoms with Crippen molar-refractivity contribution in [3.63, 3.8) is 0 Å². The number of rotatable bonds is 3. The quantitative estimate of drug-likeness (QED) is 0.823. The summed E-state index contributed by atoms with van der Waals surface area (Å²) < 4.78 is 0. The normalized spacial score (nSPS) is 41.2. The van der Waals surface area contributed by atoms with Gasteiger partial charge in [0.2, 0.25) is 0 Å². The van der Waals surface area contributed by atoms with Gasteiger partial charge in [0, 0.05) is 43.3 Å². The molecular formula is C15H29N3. The number of likely N-dealkylation sites (tertiary alicyclic amines) is 1. The molecule has 3 unspecified atom stereocenters. The summed E-state index contributed by atoms with van der Waals surface area (Å²) in [7, 11) is 2.38. The molecule has 0 saturated carbocycles. The summed E-state index contributed by atoms with van der Waals surface area (Å²) in [6.07, 6.45) is 6.96. The summed E-state index contributed by atoms with van der Waals surface area (Å²) in [6, 6.07) is 3.99. The Labute approximate surface area is 112 Å². The maximum Gasteiger partial charge on any atom is 0.0235 e. The Morgan fingerprint density at radius 1 is 1.06 bits per heavy atom. The van der Waals surface area contributed by atoms with Crippen LogP contribution in [0.4, 0.5) is 0 Å². The van der Waals surface area contributed by atoms with Crippen molar-refractivity contribution >= 4 is 0 Å². The zero-order chi connectivity index (χ0) is 12.7. The van der Waals surface area contributed by atoms with Crippen molar-refractivity contribution in [2.45, 2.75) is 76.2 Å². The standard InChI is InChI=1S/C15H29N3/c1-11(2)18-7-6-14(10-18)17(3)15-8-12-4-5-13(9-15)16-12/h11-16H,4-10H2,1-3H3. The maximum atomic E-state index is 3.76. The minimum atomic E-state index is 0.715. The van der Waals surface area contributed by atoms with Crippen LogP contribution in [0.25, 0.3) is 0 Å². The second-order valence-electron chi connectivity index (χ2n) is 6.96. The molecule has 18 heavy (non-hydrogen) atoms. The van der Waals surface area contributed by atoms with E-state index in [4.69, 9.17) is 0 Å². The first-order chi connectivity index (χ1) is 8.63. The monoisotopic (exact) mass is 251 g/mol. The molecule has 3 heterocycles. The molecule has 1 N–H and O–H groups in total. The van der Waals surface area contributed by atoms with Gasteiger partial charge in [-0.15, -0.1) is 0 Å². The van der Waals surface area contributed by atoms with E-state index in [0.717, 1.165) is 24.2 Å². The molecular weight excluding hydrogens is 222 g/mol. The number of nitrogens with one attached hydrogen (secondary N) is 1. The Hall–Kier alpha value is -0.120. The number of likely N-dealkylation sites (N-methyl/N-ethyl adjacent to an activating group) is 1. The molecule has 3 heteroatoms. The summed E-state index contributed by atoms with van der Waals surface area (Å²) in [5.74, 6) is 0. The van der Waals surface area contributed by atoms with Crippen LogP contribution in [0.3, 0.4) is 0 Å². The Kier molecular flexibility index (Phi) is 3.65. The van der Waals surface area contributed by atoms with Gasteiger partial charge in [0.15, 0.2) is 0 Å². The SMILES string of the molecule is CC(C)N1CCC(N(C)C2CC3CCC(C2)N3)C1. The highest BCUT2D eigenvalue weighted by molar-refractivity contribution is 4.97. The minimum absolute atomic E-state index is 0.715. The first-order valence-electron chi connectivity index (χ1n) is 7.85. The van der Waals surface area contributed by atoms with E-state index >= 15 is 0 Å². The largest absolute Gasteiger partial charge is 0.311 e. The molecule has 0 aromatic rings. The molecule has 3 rings (SSSR count). The molecule has 0 aromatic carbocycles. The van der Waals surface area contributed by atoms with Crippen LogP contribution in [0.15, 0.2) is 0 Å². The van der Waals surface area contributed by atoms with Gasteiger partial charge in [-0.05, 0) is 53.0 Å². The maximum absolute atomic E-state index is 3.76. The van der Waals surface area contributed by atoms with E-state index in [0.29, 0.717) is 6.04 Å². The number of piperidine rings is 1. The Morgan fingerprint density at radius 2 is 1.72 bits per heavy atom. The van der Waals surface area contributed by atoms with Crippen molar-refractivity contribution < 1.29 is 0 Å². The van der Waals surface area contributed by atoms with E-state index in [1.807, 2.05) is 0 Å². The van der Waals surface area contributed by atoms with Crippen LogP contribution in [-0.2, 0) is 0 Å². The van der Waals surface area contributed by atoms with E-state index in [1.165, 1.54) is 45.2 Å². The zero-order valence-electron chi connectivity index (χ0n) is 12.2. The molecule has 3 nitrogen and oxygen atoms in total. The fourth-order valence-electron chi connectivity index (χ4n) is 4.23. The third kappa shape index (κ3) is 2.45. The van der Waals surface area contributed by atoms with Crippen LogP contribution in [0.2, 0.25) is 0 Å². The van der Waals surface area contributed by atoms with Crippen LogP contribution < -0.4 is 5.32 Å². The Morgan fingerprint density at radius 3 is 2.28 bits per heavy atom. The Balaban J connectivity index is 1.57. The van der Waals surface area contributed by atoms with E-state index in [2.05, 4.69) is 36.0 Å².